The molecule has 0 bridgehead atoms. The minimum atomic E-state index is -1.36. The maximum Gasteiger partial charge on any atom is 0.372 e. The summed E-state index contributed by atoms with van der Waals surface area (Å²) >= 11 is 0. The molecule has 0 saturated carbocycles. The van der Waals surface area contributed by atoms with Crippen molar-refractivity contribution in [3.05, 3.63) is 30.3 Å². The van der Waals surface area contributed by atoms with Crippen LogP contribution in [0.3, 0.4) is 0 Å². The zero-order chi connectivity index (χ0) is 11.3. The Balaban J connectivity index is 2.47. The number of carboxylic acid groups (broad SMARTS) is 1. The Bertz CT molecular complexity index is 348. The summed E-state index contributed by atoms with van der Waals surface area (Å²) in [6.07, 6.45) is 0.0285. The lowest BCUT2D eigenvalue weighted by atomic mass is 10.2. The van der Waals surface area contributed by atoms with Crippen molar-refractivity contribution in [2.24, 2.45) is 0 Å². The number of ketones is 1. The number of hydrogen-bond donors (Lipinski definition) is 1. The van der Waals surface area contributed by atoms with E-state index in [0.29, 0.717) is 6.54 Å². The van der Waals surface area contributed by atoms with Crippen molar-refractivity contribution in [1.29, 1.82) is 0 Å². The number of carbonyl (C=O) groups is 2. The standard InChI is InChI=1S/C11H13NO3/c1-12(8-7-10(13)11(14)15)9-5-3-2-4-6-9/h2-6H,7-8H2,1H3,(H,14,15). The third-order valence-electron chi connectivity index (χ3n) is 2.11. The van der Waals surface area contributed by atoms with Gasteiger partial charge >= 0.3 is 5.97 Å². The first-order valence-electron chi connectivity index (χ1n) is 4.63. The summed E-state index contributed by atoms with van der Waals surface area (Å²) in [5, 5.41) is 8.40. The molecule has 4 heteroatoms. The first kappa shape index (κ1) is 11.2. The Morgan fingerprint density at radius 3 is 2.40 bits per heavy atom. The fourth-order valence-electron chi connectivity index (χ4n) is 1.19. The summed E-state index contributed by atoms with van der Waals surface area (Å²) in [4.78, 5) is 23.0. The fourth-order valence-corrected chi connectivity index (χ4v) is 1.19. The van der Waals surface area contributed by atoms with E-state index in [1.807, 2.05) is 42.3 Å². The van der Waals surface area contributed by atoms with Crippen LogP contribution in [0.5, 0.6) is 0 Å². The summed E-state index contributed by atoms with van der Waals surface area (Å²) in [5.74, 6) is -2.12. The van der Waals surface area contributed by atoms with Gasteiger partial charge in [0, 0.05) is 25.7 Å². The van der Waals surface area contributed by atoms with E-state index in [-0.39, 0.29) is 6.42 Å². The lowest BCUT2D eigenvalue weighted by Crippen LogP contribution is -2.24. The van der Waals surface area contributed by atoms with Gasteiger partial charge in [-0.1, -0.05) is 18.2 Å². The zero-order valence-corrected chi connectivity index (χ0v) is 8.51. The van der Waals surface area contributed by atoms with Gasteiger partial charge in [0.25, 0.3) is 0 Å². The van der Waals surface area contributed by atoms with E-state index >= 15 is 0 Å². The van der Waals surface area contributed by atoms with Crippen molar-refractivity contribution in [1.82, 2.24) is 0 Å². The third-order valence-corrected chi connectivity index (χ3v) is 2.11. The monoisotopic (exact) mass is 207 g/mol. The van der Waals surface area contributed by atoms with Gasteiger partial charge in [0.15, 0.2) is 0 Å². The molecule has 0 aromatic heterocycles. The van der Waals surface area contributed by atoms with Crippen LogP contribution in [-0.2, 0) is 9.59 Å². The van der Waals surface area contributed by atoms with E-state index in [1.165, 1.54) is 0 Å². The Hall–Kier alpha value is -1.84. The number of Topliss-reactive ketones (excluding diaryl/α,β-unsaturated/α-hetero) is 1. The van der Waals surface area contributed by atoms with Crippen LogP contribution < -0.4 is 4.90 Å². The van der Waals surface area contributed by atoms with Gasteiger partial charge in [0.05, 0.1) is 0 Å². The molecule has 0 aliphatic rings. The topological polar surface area (TPSA) is 57.6 Å². The highest BCUT2D eigenvalue weighted by Gasteiger charge is 2.11. The second-order valence-electron chi connectivity index (χ2n) is 3.24. The number of aliphatic carboxylic acids is 1. The van der Waals surface area contributed by atoms with Gasteiger partial charge in [-0.25, -0.2) is 4.79 Å². The number of para-hydroxylation sites is 1. The second-order valence-corrected chi connectivity index (χ2v) is 3.24. The zero-order valence-electron chi connectivity index (χ0n) is 8.51. The normalized spacial score (nSPS) is 9.67. The maximum absolute atomic E-state index is 10.9. The molecule has 1 aromatic rings. The van der Waals surface area contributed by atoms with E-state index < -0.39 is 11.8 Å². The third kappa shape index (κ3) is 3.42. The van der Waals surface area contributed by atoms with Gasteiger partial charge in [-0.15, -0.1) is 0 Å². The molecule has 0 heterocycles. The predicted molar refractivity (Wildman–Crippen MR) is 57.0 cm³/mol. The number of benzene rings is 1. The first-order valence-corrected chi connectivity index (χ1v) is 4.63. The molecule has 0 unspecified atom stereocenters. The second kappa shape index (κ2) is 5.14. The lowest BCUT2D eigenvalue weighted by molar-refractivity contribution is -0.149. The van der Waals surface area contributed by atoms with Crippen LogP contribution in [0.2, 0.25) is 0 Å². The van der Waals surface area contributed by atoms with Crippen molar-refractivity contribution in [3.63, 3.8) is 0 Å². The number of rotatable bonds is 5. The van der Waals surface area contributed by atoms with Crippen molar-refractivity contribution in [3.8, 4) is 0 Å². The highest BCUT2D eigenvalue weighted by Crippen LogP contribution is 2.10. The molecule has 0 spiro atoms. The van der Waals surface area contributed by atoms with E-state index in [1.54, 1.807) is 0 Å². The summed E-state index contributed by atoms with van der Waals surface area (Å²) in [6.45, 7) is 0.412. The molecule has 0 fully saturated rings. The maximum atomic E-state index is 10.9. The van der Waals surface area contributed by atoms with Gasteiger partial charge in [-0.3, -0.25) is 4.79 Å². The number of carbonyl (C=O) groups excluding carboxylic acids is 1. The van der Waals surface area contributed by atoms with Crippen LogP contribution in [0.15, 0.2) is 30.3 Å². The SMILES string of the molecule is CN(CCC(=O)C(=O)O)c1ccccc1. The van der Waals surface area contributed by atoms with Crippen LogP contribution in [0, 0.1) is 0 Å². The molecule has 0 radical (unpaired) electrons. The fraction of sp³-hybridized carbons (Fsp3) is 0.273. The lowest BCUT2D eigenvalue weighted by Gasteiger charge is -2.17. The first-order chi connectivity index (χ1) is 7.11. The van der Waals surface area contributed by atoms with E-state index in [9.17, 15) is 9.59 Å². The number of nitrogens with zero attached hydrogens (tertiary/aromatic N) is 1. The smallest absolute Gasteiger partial charge is 0.372 e. The molecule has 0 saturated heterocycles. The largest absolute Gasteiger partial charge is 0.476 e. The molecule has 1 aromatic carbocycles. The van der Waals surface area contributed by atoms with E-state index in [0.717, 1.165) is 5.69 Å². The molecule has 15 heavy (non-hydrogen) atoms. The van der Waals surface area contributed by atoms with Gasteiger partial charge in [0.2, 0.25) is 5.78 Å². The van der Waals surface area contributed by atoms with Crippen molar-refractivity contribution in [2.75, 3.05) is 18.5 Å². The van der Waals surface area contributed by atoms with E-state index in [2.05, 4.69) is 0 Å². The molecule has 0 amide bonds. The summed E-state index contributed by atoms with van der Waals surface area (Å²) < 4.78 is 0. The Morgan fingerprint density at radius 1 is 1.27 bits per heavy atom. The predicted octanol–water partition coefficient (Wildman–Crippen LogP) is 1.17. The van der Waals surface area contributed by atoms with Gasteiger partial charge in [-0.2, -0.15) is 0 Å². The highest BCUT2D eigenvalue weighted by molar-refractivity contribution is 6.32. The minimum Gasteiger partial charge on any atom is -0.476 e. The molecule has 0 atom stereocenters. The van der Waals surface area contributed by atoms with Crippen LogP contribution in [0.25, 0.3) is 0 Å². The Morgan fingerprint density at radius 2 is 1.87 bits per heavy atom. The van der Waals surface area contributed by atoms with Crippen molar-refractivity contribution >= 4 is 17.4 Å². The number of hydrogen-bond acceptors (Lipinski definition) is 3. The van der Waals surface area contributed by atoms with Crippen molar-refractivity contribution < 1.29 is 14.7 Å². The molecule has 0 aliphatic carbocycles. The summed E-state index contributed by atoms with van der Waals surface area (Å²) in [6, 6.07) is 9.51. The molecule has 0 aliphatic heterocycles. The Kier molecular flexibility index (Phi) is 3.85. The quantitative estimate of drug-likeness (QED) is 0.736. The van der Waals surface area contributed by atoms with Crippen LogP contribution in [0.4, 0.5) is 5.69 Å². The molecule has 1 N–H and O–H groups in total. The van der Waals surface area contributed by atoms with Gasteiger partial charge < -0.3 is 10.0 Å². The number of anilines is 1. The van der Waals surface area contributed by atoms with E-state index in [4.69, 9.17) is 5.11 Å². The Labute approximate surface area is 88.1 Å². The molecular weight excluding hydrogens is 194 g/mol. The molecule has 1 rings (SSSR count). The summed E-state index contributed by atoms with van der Waals surface area (Å²) in [5.41, 5.74) is 0.968. The molecular formula is C11H13NO3. The van der Waals surface area contributed by atoms with Crippen LogP contribution in [0.1, 0.15) is 6.42 Å². The number of carboxylic acids is 1. The van der Waals surface area contributed by atoms with Gasteiger partial charge in [-0.05, 0) is 12.1 Å². The van der Waals surface area contributed by atoms with Crippen LogP contribution >= 0.6 is 0 Å². The van der Waals surface area contributed by atoms with Crippen LogP contribution in [-0.4, -0.2) is 30.5 Å². The minimum absolute atomic E-state index is 0.0285. The molecule has 80 valence electrons. The van der Waals surface area contributed by atoms with Crippen molar-refractivity contribution in [2.45, 2.75) is 6.42 Å². The molecule has 4 nitrogen and oxygen atoms in total. The van der Waals surface area contributed by atoms with Gasteiger partial charge in [0.1, 0.15) is 0 Å². The average molecular weight is 207 g/mol. The summed E-state index contributed by atoms with van der Waals surface area (Å²) in [7, 11) is 1.82. The highest BCUT2D eigenvalue weighted by atomic mass is 16.4. The average Bonchev–Trinajstić information content (AvgIpc) is 2.26.